The van der Waals surface area contributed by atoms with Crippen LogP contribution in [0.5, 0.6) is 0 Å². The van der Waals surface area contributed by atoms with Gasteiger partial charge in [-0.1, -0.05) is 201 Å². The molecule has 0 N–H and O–H groups in total. The van der Waals surface area contributed by atoms with Crippen LogP contribution in [-0.4, -0.2) is 37.2 Å². The van der Waals surface area contributed by atoms with Gasteiger partial charge >= 0.3 is 17.9 Å². The van der Waals surface area contributed by atoms with Gasteiger partial charge in [0.25, 0.3) is 0 Å². The fourth-order valence-corrected chi connectivity index (χ4v) is 6.46. The lowest BCUT2D eigenvalue weighted by Gasteiger charge is -2.18. The van der Waals surface area contributed by atoms with Crippen LogP contribution in [-0.2, 0) is 28.6 Å². The molecule has 0 fully saturated rings. The quantitative estimate of drug-likeness (QED) is 0.0263. The van der Waals surface area contributed by atoms with Gasteiger partial charge < -0.3 is 14.2 Å². The van der Waals surface area contributed by atoms with Gasteiger partial charge in [-0.15, -0.1) is 0 Å². The summed E-state index contributed by atoms with van der Waals surface area (Å²) in [6, 6.07) is 0. The monoisotopic (exact) mass is 873 g/mol. The van der Waals surface area contributed by atoms with Crippen molar-refractivity contribution in [1.29, 1.82) is 0 Å². The fourth-order valence-electron chi connectivity index (χ4n) is 6.46. The molecule has 0 heterocycles. The Morgan fingerprint density at radius 1 is 0.333 bits per heavy atom. The van der Waals surface area contributed by atoms with E-state index >= 15 is 0 Å². The molecular formula is C57H92O6. The van der Waals surface area contributed by atoms with Crippen LogP contribution >= 0.6 is 0 Å². The number of ether oxygens (including phenoxy) is 3. The molecule has 0 saturated heterocycles. The molecule has 0 aliphatic heterocycles. The highest BCUT2D eigenvalue weighted by Crippen LogP contribution is 2.12. The molecule has 0 saturated carbocycles. The van der Waals surface area contributed by atoms with E-state index in [2.05, 4.69) is 130 Å². The minimum absolute atomic E-state index is 0.104. The first kappa shape index (κ1) is 59.1. The van der Waals surface area contributed by atoms with Crippen molar-refractivity contribution >= 4 is 17.9 Å². The molecule has 0 rings (SSSR count). The summed E-state index contributed by atoms with van der Waals surface area (Å²) in [7, 11) is 0. The largest absolute Gasteiger partial charge is 0.462 e. The van der Waals surface area contributed by atoms with E-state index in [0.717, 1.165) is 116 Å². The van der Waals surface area contributed by atoms with Crippen LogP contribution < -0.4 is 0 Å². The summed E-state index contributed by atoms with van der Waals surface area (Å²) in [5, 5.41) is 0. The molecule has 0 radical (unpaired) electrons. The maximum atomic E-state index is 12.7. The molecule has 6 heteroatoms. The number of esters is 3. The van der Waals surface area contributed by atoms with Gasteiger partial charge in [0.05, 0.1) is 0 Å². The zero-order chi connectivity index (χ0) is 45.8. The molecule has 1 atom stereocenters. The van der Waals surface area contributed by atoms with Crippen molar-refractivity contribution < 1.29 is 28.6 Å². The standard InChI is InChI=1S/C57H92O6/c1-4-7-10-13-16-18-20-22-24-26-27-28-29-30-31-32-34-35-37-39-41-44-47-50-56(59)62-53-54(52-61-55(58)49-46-43-15-12-9-6-3)63-57(60)51-48-45-42-40-38-36-33-25-23-21-19-17-14-11-8-5-2/h7,10,16,18-19,21-22,24-25,27-28,30-31,33-35,39,41,54H,4-6,8-9,11-15,17,20,23,26,29,32,36-38,40,42-53H2,1-3H3/b10-7-,18-16-,21-19-,24-22-,28-27-,31-30-,33-25-,35-34-,41-39-. The summed E-state index contributed by atoms with van der Waals surface area (Å²) in [6.45, 7) is 6.36. The lowest BCUT2D eigenvalue weighted by Crippen LogP contribution is -2.30. The molecule has 0 aromatic heterocycles. The Morgan fingerprint density at radius 3 is 1.05 bits per heavy atom. The summed E-state index contributed by atoms with van der Waals surface area (Å²) in [5.74, 6) is -0.997. The fraction of sp³-hybridized carbons (Fsp3) is 0.632. The van der Waals surface area contributed by atoms with E-state index in [1.54, 1.807) is 0 Å². The molecular weight excluding hydrogens is 781 g/mol. The maximum Gasteiger partial charge on any atom is 0.306 e. The van der Waals surface area contributed by atoms with E-state index in [4.69, 9.17) is 14.2 Å². The minimum atomic E-state index is -0.807. The average molecular weight is 873 g/mol. The third kappa shape index (κ3) is 49.0. The van der Waals surface area contributed by atoms with Crippen LogP contribution in [0.4, 0.5) is 0 Å². The second-order valence-corrected chi connectivity index (χ2v) is 16.3. The first-order valence-corrected chi connectivity index (χ1v) is 25.4. The van der Waals surface area contributed by atoms with E-state index in [1.807, 2.05) is 0 Å². The number of hydrogen-bond donors (Lipinski definition) is 0. The molecule has 1 unspecified atom stereocenters. The summed E-state index contributed by atoms with van der Waals surface area (Å²) in [4.78, 5) is 37.7. The molecule has 356 valence electrons. The third-order valence-corrected chi connectivity index (χ3v) is 10.3. The SMILES string of the molecule is CC/C=C\C/C=C\C/C=C\C/C=C\C/C=C\C/C=C\C/C=C\CCCC(=O)OCC(COC(=O)CCCCCCCC)OC(=O)CCCCCCC/C=C\C/C=C\CCCCCC. The smallest absolute Gasteiger partial charge is 0.306 e. The highest BCUT2D eigenvalue weighted by atomic mass is 16.6. The maximum absolute atomic E-state index is 12.7. The highest BCUT2D eigenvalue weighted by molar-refractivity contribution is 5.71. The van der Waals surface area contributed by atoms with Crippen LogP contribution in [0, 0.1) is 0 Å². The Bertz CT molecular complexity index is 1330. The van der Waals surface area contributed by atoms with Crippen molar-refractivity contribution in [3.63, 3.8) is 0 Å². The Kier molecular flexibility index (Phi) is 47.5. The number of carbonyl (C=O) groups excluding carboxylic acids is 3. The van der Waals surface area contributed by atoms with Crippen LogP contribution in [0.15, 0.2) is 109 Å². The third-order valence-electron chi connectivity index (χ3n) is 10.3. The molecule has 6 nitrogen and oxygen atoms in total. The normalized spacial score (nSPS) is 13.0. The summed E-state index contributed by atoms with van der Waals surface area (Å²) in [6.07, 6.45) is 68.1. The topological polar surface area (TPSA) is 78.9 Å². The van der Waals surface area contributed by atoms with E-state index in [0.29, 0.717) is 19.3 Å². The number of carbonyl (C=O) groups is 3. The molecule has 0 aliphatic rings. The van der Waals surface area contributed by atoms with Crippen molar-refractivity contribution in [2.75, 3.05) is 13.2 Å². The first-order valence-electron chi connectivity index (χ1n) is 25.4. The molecule has 0 aromatic carbocycles. The van der Waals surface area contributed by atoms with E-state index in [1.165, 1.54) is 51.4 Å². The lowest BCUT2D eigenvalue weighted by atomic mass is 10.1. The van der Waals surface area contributed by atoms with Gasteiger partial charge in [0.2, 0.25) is 0 Å². The number of rotatable bonds is 44. The summed E-state index contributed by atoms with van der Waals surface area (Å²) >= 11 is 0. The van der Waals surface area contributed by atoms with Crippen molar-refractivity contribution in [3.8, 4) is 0 Å². The van der Waals surface area contributed by atoms with Crippen molar-refractivity contribution in [2.24, 2.45) is 0 Å². The molecule has 0 spiro atoms. The van der Waals surface area contributed by atoms with E-state index < -0.39 is 6.10 Å². The molecule has 0 bridgehead atoms. The number of unbranched alkanes of at least 4 members (excludes halogenated alkanes) is 15. The predicted molar refractivity (Wildman–Crippen MR) is 270 cm³/mol. The molecule has 0 amide bonds. The Balaban J connectivity index is 4.37. The van der Waals surface area contributed by atoms with Crippen LogP contribution in [0.25, 0.3) is 0 Å². The van der Waals surface area contributed by atoms with Gasteiger partial charge in [-0.2, -0.15) is 0 Å². The van der Waals surface area contributed by atoms with Crippen molar-refractivity contribution in [1.82, 2.24) is 0 Å². The van der Waals surface area contributed by atoms with E-state index in [9.17, 15) is 14.4 Å². The zero-order valence-corrected chi connectivity index (χ0v) is 40.5. The van der Waals surface area contributed by atoms with Gasteiger partial charge in [0.15, 0.2) is 6.10 Å². The van der Waals surface area contributed by atoms with Crippen LogP contribution in [0.2, 0.25) is 0 Å². The van der Waals surface area contributed by atoms with Crippen LogP contribution in [0.3, 0.4) is 0 Å². The number of hydrogen-bond acceptors (Lipinski definition) is 6. The van der Waals surface area contributed by atoms with E-state index in [-0.39, 0.29) is 37.5 Å². The Morgan fingerprint density at radius 2 is 0.635 bits per heavy atom. The Labute approximate surface area is 387 Å². The van der Waals surface area contributed by atoms with Gasteiger partial charge in [-0.25, -0.2) is 0 Å². The lowest BCUT2D eigenvalue weighted by molar-refractivity contribution is -0.167. The summed E-state index contributed by atoms with van der Waals surface area (Å²) in [5.41, 5.74) is 0. The molecule has 0 aliphatic carbocycles. The second-order valence-electron chi connectivity index (χ2n) is 16.3. The van der Waals surface area contributed by atoms with Gasteiger partial charge in [0.1, 0.15) is 13.2 Å². The Hall–Kier alpha value is -3.93. The average Bonchev–Trinajstić information content (AvgIpc) is 3.28. The minimum Gasteiger partial charge on any atom is -0.462 e. The second kappa shape index (κ2) is 50.7. The van der Waals surface area contributed by atoms with Crippen molar-refractivity contribution in [2.45, 2.75) is 219 Å². The molecule has 0 aromatic rings. The number of allylic oxidation sites excluding steroid dienone is 18. The van der Waals surface area contributed by atoms with Crippen LogP contribution in [0.1, 0.15) is 213 Å². The summed E-state index contributed by atoms with van der Waals surface area (Å²) < 4.78 is 16.6. The molecule has 63 heavy (non-hydrogen) atoms. The highest BCUT2D eigenvalue weighted by Gasteiger charge is 2.19. The first-order chi connectivity index (χ1) is 31.0. The van der Waals surface area contributed by atoms with Gasteiger partial charge in [-0.3, -0.25) is 14.4 Å². The van der Waals surface area contributed by atoms with Gasteiger partial charge in [-0.05, 0) is 103 Å². The predicted octanol–water partition coefficient (Wildman–Crippen LogP) is 16.8. The zero-order valence-electron chi connectivity index (χ0n) is 40.5. The van der Waals surface area contributed by atoms with Crippen molar-refractivity contribution in [3.05, 3.63) is 109 Å². The van der Waals surface area contributed by atoms with Gasteiger partial charge in [0, 0.05) is 19.3 Å².